The number of hydrogen-bond acceptors (Lipinski definition) is 4. The minimum absolute atomic E-state index is 0.157. The van der Waals surface area contributed by atoms with Gasteiger partial charge in [-0.15, -0.1) is 0 Å². The van der Waals surface area contributed by atoms with Crippen molar-refractivity contribution in [1.29, 1.82) is 0 Å². The molecule has 0 aliphatic heterocycles. The van der Waals surface area contributed by atoms with Gasteiger partial charge in [0.15, 0.2) is 0 Å². The van der Waals surface area contributed by atoms with Crippen molar-refractivity contribution in [3.8, 4) is 0 Å². The molecule has 0 fully saturated rings. The highest BCUT2D eigenvalue weighted by Crippen LogP contribution is 2.01. The Morgan fingerprint density at radius 2 is 2.00 bits per heavy atom. The van der Waals surface area contributed by atoms with Crippen LogP contribution in [0, 0.1) is 0 Å². The lowest BCUT2D eigenvalue weighted by Gasteiger charge is -2.14. The molecule has 0 heterocycles. The maximum Gasteiger partial charge on any atom is 0.407 e. The number of carbonyl (C=O) groups is 2. The van der Waals surface area contributed by atoms with Gasteiger partial charge in [0, 0.05) is 18.4 Å². The average molecular weight is 236 g/mol. The fraction of sp³-hybridized carbons (Fsp3) is 0.333. The molecule has 0 radical (unpaired) electrons. The molecule has 1 aromatic rings. The van der Waals surface area contributed by atoms with E-state index in [4.69, 9.17) is 4.74 Å². The normalized spacial score (nSPS) is 11.6. The first-order valence-corrected chi connectivity index (χ1v) is 5.25. The Balaban J connectivity index is 2.28. The molecule has 0 aliphatic carbocycles. The SMILES string of the molecule is CC(CC(=O)[O-])NC(=O)OCc1ccccc1. The number of nitrogens with one attached hydrogen (secondary N) is 1. The fourth-order valence-electron chi connectivity index (χ4n) is 1.27. The maximum absolute atomic E-state index is 11.3. The third-order valence-electron chi connectivity index (χ3n) is 2.05. The summed E-state index contributed by atoms with van der Waals surface area (Å²) in [5.41, 5.74) is 0.871. The number of rotatable bonds is 5. The molecule has 1 N–H and O–H groups in total. The fourth-order valence-corrected chi connectivity index (χ4v) is 1.27. The first-order chi connectivity index (χ1) is 8.08. The van der Waals surface area contributed by atoms with E-state index < -0.39 is 18.1 Å². The summed E-state index contributed by atoms with van der Waals surface area (Å²) in [7, 11) is 0. The Kier molecular flexibility index (Phi) is 5.00. The van der Waals surface area contributed by atoms with Crippen LogP contribution in [0.5, 0.6) is 0 Å². The van der Waals surface area contributed by atoms with Crippen LogP contribution in [0.15, 0.2) is 30.3 Å². The summed E-state index contributed by atoms with van der Waals surface area (Å²) in [5, 5.41) is 12.7. The summed E-state index contributed by atoms with van der Waals surface area (Å²) in [6, 6.07) is 8.70. The van der Waals surface area contributed by atoms with Crippen molar-refractivity contribution >= 4 is 12.1 Å². The van der Waals surface area contributed by atoms with Crippen molar-refractivity contribution in [2.24, 2.45) is 0 Å². The monoisotopic (exact) mass is 236 g/mol. The molecule has 17 heavy (non-hydrogen) atoms. The zero-order valence-electron chi connectivity index (χ0n) is 9.51. The smallest absolute Gasteiger partial charge is 0.407 e. The van der Waals surface area contributed by atoms with E-state index in [1.165, 1.54) is 0 Å². The Morgan fingerprint density at radius 1 is 1.35 bits per heavy atom. The summed E-state index contributed by atoms with van der Waals surface area (Å²) in [6.45, 7) is 1.73. The second-order valence-electron chi connectivity index (χ2n) is 3.68. The highest BCUT2D eigenvalue weighted by atomic mass is 16.5. The topological polar surface area (TPSA) is 78.5 Å². The number of aliphatic carboxylic acids is 1. The highest BCUT2D eigenvalue weighted by molar-refractivity contribution is 5.70. The first kappa shape index (κ1) is 13.0. The third-order valence-corrected chi connectivity index (χ3v) is 2.05. The van der Waals surface area contributed by atoms with Crippen molar-refractivity contribution in [2.75, 3.05) is 0 Å². The molecular formula is C12H14NO4-. The molecule has 5 nitrogen and oxygen atoms in total. The van der Waals surface area contributed by atoms with Crippen LogP contribution >= 0.6 is 0 Å². The molecule has 0 aromatic heterocycles. The van der Waals surface area contributed by atoms with Crippen molar-refractivity contribution in [1.82, 2.24) is 5.32 Å². The van der Waals surface area contributed by atoms with Gasteiger partial charge in [0.05, 0.1) is 0 Å². The van der Waals surface area contributed by atoms with Gasteiger partial charge >= 0.3 is 6.09 Å². The minimum atomic E-state index is -1.21. The van der Waals surface area contributed by atoms with Crippen LogP contribution in [0.4, 0.5) is 4.79 Å². The van der Waals surface area contributed by atoms with Gasteiger partial charge in [0.2, 0.25) is 0 Å². The first-order valence-electron chi connectivity index (χ1n) is 5.25. The molecule has 0 saturated carbocycles. The molecular weight excluding hydrogens is 222 g/mol. The highest BCUT2D eigenvalue weighted by Gasteiger charge is 2.08. The van der Waals surface area contributed by atoms with E-state index in [0.29, 0.717) is 0 Å². The number of carboxylic acids is 1. The Morgan fingerprint density at radius 3 is 2.59 bits per heavy atom. The number of amides is 1. The number of hydrogen-bond donors (Lipinski definition) is 1. The van der Waals surface area contributed by atoms with Crippen LogP contribution in [0.1, 0.15) is 18.9 Å². The molecule has 0 saturated heterocycles. The quantitative estimate of drug-likeness (QED) is 0.804. The summed E-state index contributed by atoms with van der Waals surface area (Å²) >= 11 is 0. The molecule has 1 unspecified atom stereocenters. The van der Waals surface area contributed by atoms with E-state index in [9.17, 15) is 14.7 Å². The van der Waals surface area contributed by atoms with Gasteiger partial charge in [-0.2, -0.15) is 0 Å². The lowest BCUT2D eigenvalue weighted by atomic mass is 10.2. The summed E-state index contributed by atoms with van der Waals surface area (Å²) in [4.78, 5) is 21.5. The van der Waals surface area contributed by atoms with Gasteiger partial charge in [-0.3, -0.25) is 0 Å². The van der Waals surface area contributed by atoms with E-state index in [-0.39, 0.29) is 13.0 Å². The number of alkyl carbamates (subject to hydrolysis) is 1. The molecule has 1 atom stereocenters. The zero-order chi connectivity index (χ0) is 12.7. The van der Waals surface area contributed by atoms with Gasteiger partial charge < -0.3 is 20.0 Å². The Labute approximate surface area is 99.4 Å². The van der Waals surface area contributed by atoms with E-state index in [1.807, 2.05) is 30.3 Å². The van der Waals surface area contributed by atoms with Gasteiger partial charge in [0.1, 0.15) is 6.61 Å². The van der Waals surface area contributed by atoms with E-state index >= 15 is 0 Å². The molecule has 0 aliphatic rings. The minimum Gasteiger partial charge on any atom is -0.550 e. The van der Waals surface area contributed by atoms with Crippen LogP contribution < -0.4 is 10.4 Å². The van der Waals surface area contributed by atoms with Crippen LogP contribution in [0.3, 0.4) is 0 Å². The van der Waals surface area contributed by atoms with Crippen molar-refractivity contribution in [3.63, 3.8) is 0 Å². The summed E-state index contributed by atoms with van der Waals surface area (Å²) in [6.07, 6.45) is -0.872. The molecule has 1 amide bonds. The van der Waals surface area contributed by atoms with Crippen LogP contribution in [-0.2, 0) is 16.1 Å². The van der Waals surface area contributed by atoms with Crippen LogP contribution in [0.2, 0.25) is 0 Å². The second kappa shape index (κ2) is 6.52. The average Bonchev–Trinajstić information content (AvgIpc) is 2.26. The van der Waals surface area contributed by atoms with E-state index in [1.54, 1.807) is 6.92 Å². The lowest BCUT2D eigenvalue weighted by Crippen LogP contribution is -2.38. The van der Waals surface area contributed by atoms with Crippen LogP contribution in [0.25, 0.3) is 0 Å². The molecule has 0 spiro atoms. The summed E-state index contributed by atoms with van der Waals surface area (Å²) in [5.74, 6) is -1.21. The summed E-state index contributed by atoms with van der Waals surface area (Å²) < 4.78 is 4.92. The van der Waals surface area contributed by atoms with Crippen LogP contribution in [-0.4, -0.2) is 18.1 Å². The number of benzene rings is 1. The van der Waals surface area contributed by atoms with E-state index in [0.717, 1.165) is 5.56 Å². The van der Waals surface area contributed by atoms with E-state index in [2.05, 4.69) is 5.32 Å². The number of ether oxygens (including phenoxy) is 1. The maximum atomic E-state index is 11.3. The Hall–Kier alpha value is -2.04. The standard InChI is InChI=1S/C12H15NO4/c1-9(7-11(14)15)13-12(16)17-8-10-5-3-2-4-6-10/h2-6,9H,7-8H2,1H3,(H,13,16)(H,14,15)/p-1. The van der Waals surface area contributed by atoms with Gasteiger partial charge in [0.25, 0.3) is 0 Å². The predicted octanol–water partition coefficient (Wildman–Crippen LogP) is 0.441. The van der Waals surface area contributed by atoms with Crippen molar-refractivity contribution < 1.29 is 19.4 Å². The van der Waals surface area contributed by atoms with Gasteiger partial charge in [-0.05, 0) is 12.5 Å². The number of carboxylic acid groups (broad SMARTS) is 1. The second-order valence-corrected chi connectivity index (χ2v) is 3.68. The Bertz CT molecular complexity index is 377. The molecule has 1 rings (SSSR count). The predicted molar refractivity (Wildman–Crippen MR) is 58.8 cm³/mol. The van der Waals surface area contributed by atoms with Gasteiger partial charge in [-0.25, -0.2) is 4.79 Å². The molecule has 1 aromatic carbocycles. The molecule has 0 bridgehead atoms. The largest absolute Gasteiger partial charge is 0.550 e. The zero-order valence-corrected chi connectivity index (χ0v) is 9.51. The lowest BCUT2D eigenvalue weighted by molar-refractivity contribution is -0.306. The van der Waals surface area contributed by atoms with Crippen molar-refractivity contribution in [2.45, 2.75) is 26.0 Å². The van der Waals surface area contributed by atoms with Gasteiger partial charge in [-0.1, -0.05) is 30.3 Å². The van der Waals surface area contributed by atoms with Crippen molar-refractivity contribution in [3.05, 3.63) is 35.9 Å². The molecule has 5 heteroatoms. The third kappa shape index (κ3) is 5.55. The molecule has 92 valence electrons. The number of carbonyl (C=O) groups excluding carboxylic acids is 2.